The van der Waals surface area contributed by atoms with Gasteiger partial charge in [0.15, 0.2) is 0 Å². The standard InChI is InChI=1S/C16H31N4O3P/c1-15(2,3)12-16(4,5)9-14(21)20-11-13(10-18)23-24(19)22-8-6-7-17/h13,19H,6,8-12,18H2,1-5H3/p+1. The van der Waals surface area contributed by atoms with Crippen molar-refractivity contribution in [2.75, 3.05) is 19.7 Å². The topological polar surface area (TPSA) is 121 Å². The largest absolute Gasteiger partial charge is 0.556 e. The van der Waals surface area contributed by atoms with Gasteiger partial charge in [0.1, 0.15) is 12.7 Å². The quantitative estimate of drug-likeness (QED) is 0.386. The molecular formula is C16H32N4O3P+. The van der Waals surface area contributed by atoms with Gasteiger partial charge in [0.25, 0.3) is 0 Å². The second kappa shape index (κ2) is 10.7. The third-order valence-electron chi connectivity index (χ3n) is 3.11. The molecule has 2 atom stereocenters. The average molecular weight is 359 g/mol. The number of nitriles is 1. The number of rotatable bonds is 11. The molecule has 0 aromatic heterocycles. The van der Waals surface area contributed by atoms with E-state index in [1.165, 1.54) is 0 Å². The van der Waals surface area contributed by atoms with Crippen molar-refractivity contribution in [1.82, 2.24) is 5.32 Å². The van der Waals surface area contributed by atoms with Crippen LogP contribution < -0.4 is 11.1 Å². The summed E-state index contributed by atoms with van der Waals surface area (Å²) in [5.74, 6) is -0.0500. The lowest BCUT2D eigenvalue weighted by molar-refractivity contribution is -0.123. The van der Waals surface area contributed by atoms with Crippen molar-refractivity contribution in [3.8, 4) is 6.07 Å². The first kappa shape index (κ1) is 22.9. The van der Waals surface area contributed by atoms with Crippen LogP contribution >= 0.6 is 8.17 Å². The number of nitrogens with zero attached hydrogens (tertiary/aromatic N) is 1. The molecule has 0 rings (SSSR count). The zero-order valence-corrected chi connectivity index (χ0v) is 16.4. The van der Waals surface area contributed by atoms with Gasteiger partial charge in [-0.25, -0.2) is 0 Å². The highest BCUT2D eigenvalue weighted by Crippen LogP contribution is 2.35. The maximum Gasteiger partial charge on any atom is 0.556 e. The Hall–Kier alpha value is -1.06. The predicted octanol–water partition coefficient (Wildman–Crippen LogP) is 3.30. The Morgan fingerprint density at radius 2 is 2.00 bits per heavy atom. The number of carbonyl (C=O) groups is 1. The summed E-state index contributed by atoms with van der Waals surface area (Å²) in [6.45, 7) is 11.2. The summed E-state index contributed by atoms with van der Waals surface area (Å²) < 4.78 is 10.4. The lowest BCUT2D eigenvalue weighted by Gasteiger charge is -2.32. The van der Waals surface area contributed by atoms with Crippen molar-refractivity contribution in [2.45, 2.75) is 60.0 Å². The zero-order valence-electron chi connectivity index (χ0n) is 15.5. The van der Waals surface area contributed by atoms with E-state index in [1.54, 1.807) is 0 Å². The van der Waals surface area contributed by atoms with Crippen molar-refractivity contribution in [3.05, 3.63) is 0 Å². The minimum Gasteiger partial charge on any atom is -0.353 e. The molecule has 0 aromatic rings. The first-order valence-electron chi connectivity index (χ1n) is 8.14. The fourth-order valence-electron chi connectivity index (χ4n) is 2.73. The van der Waals surface area contributed by atoms with Crippen LogP contribution in [-0.2, 0) is 13.8 Å². The van der Waals surface area contributed by atoms with Gasteiger partial charge in [-0.1, -0.05) is 39.8 Å². The minimum atomic E-state index is -1.85. The van der Waals surface area contributed by atoms with Crippen LogP contribution in [-0.4, -0.2) is 31.7 Å². The number of hydrogen-bond acceptors (Lipinski definition) is 6. The lowest BCUT2D eigenvalue weighted by Crippen LogP contribution is -2.39. The maximum absolute atomic E-state index is 12.1. The number of amides is 1. The molecule has 24 heavy (non-hydrogen) atoms. The molecule has 0 fully saturated rings. The van der Waals surface area contributed by atoms with Gasteiger partial charge >= 0.3 is 8.17 Å². The molecule has 138 valence electrons. The minimum absolute atomic E-state index is 0.0500. The van der Waals surface area contributed by atoms with Crippen LogP contribution in [0.4, 0.5) is 0 Å². The van der Waals surface area contributed by atoms with E-state index in [0.29, 0.717) is 6.42 Å². The number of nitrogens with one attached hydrogen (secondary N) is 2. The molecule has 1 amide bonds. The summed E-state index contributed by atoms with van der Waals surface area (Å²) in [4.78, 5) is 12.1. The zero-order chi connectivity index (χ0) is 18.8. The molecule has 0 heterocycles. The molecule has 0 bridgehead atoms. The summed E-state index contributed by atoms with van der Waals surface area (Å²) >= 11 is 0. The van der Waals surface area contributed by atoms with Crippen LogP contribution in [0.25, 0.3) is 0 Å². The fraction of sp³-hybridized carbons (Fsp3) is 0.875. The number of nitrogens with two attached hydrogens (primary N) is 1. The Labute approximate surface area is 146 Å². The maximum atomic E-state index is 12.1. The van der Waals surface area contributed by atoms with E-state index in [1.807, 2.05) is 6.07 Å². The fourth-order valence-corrected chi connectivity index (χ4v) is 3.48. The first-order chi connectivity index (χ1) is 11.0. The highest BCUT2D eigenvalue weighted by atomic mass is 31.1. The van der Waals surface area contributed by atoms with Crippen LogP contribution in [0, 0.1) is 27.3 Å². The number of carbonyl (C=O) groups excluding carboxylic acids is 1. The predicted molar refractivity (Wildman–Crippen MR) is 95.2 cm³/mol. The van der Waals surface area contributed by atoms with Crippen molar-refractivity contribution >= 4 is 14.1 Å². The lowest BCUT2D eigenvalue weighted by atomic mass is 9.74. The van der Waals surface area contributed by atoms with Crippen LogP contribution in [0.3, 0.4) is 0 Å². The molecule has 0 aliphatic rings. The summed E-state index contributed by atoms with van der Waals surface area (Å²) in [5, 5.41) is 18.9. The van der Waals surface area contributed by atoms with Crippen LogP contribution in [0.15, 0.2) is 0 Å². The molecule has 8 heteroatoms. The highest BCUT2D eigenvalue weighted by Gasteiger charge is 2.29. The molecule has 7 nitrogen and oxygen atoms in total. The Balaban J connectivity index is 4.26. The summed E-state index contributed by atoms with van der Waals surface area (Å²) in [7, 11) is -1.85. The van der Waals surface area contributed by atoms with Gasteiger partial charge in [0, 0.05) is 19.5 Å². The van der Waals surface area contributed by atoms with E-state index in [4.69, 9.17) is 25.2 Å². The molecule has 0 aliphatic carbocycles. The number of hydrogen-bond donors (Lipinski definition) is 3. The third kappa shape index (κ3) is 12.4. The van der Waals surface area contributed by atoms with Gasteiger partial charge in [-0.05, 0) is 17.3 Å². The molecule has 0 saturated carbocycles. The SMILES string of the molecule is CC(C)(C)CC(C)(C)CC(=O)NCC(CN)O[P+](=N)OCCC#N. The van der Waals surface area contributed by atoms with E-state index in [2.05, 4.69) is 39.9 Å². The van der Waals surface area contributed by atoms with Crippen LogP contribution in [0.1, 0.15) is 53.9 Å². The Kier molecular flexibility index (Phi) is 10.3. The summed E-state index contributed by atoms with van der Waals surface area (Å²) in [5.41, 5.74) is 5.68. The Bertz CT molecular complexity index is 455. The molecule has 0 aromatic carbocycles. The van der Waals surface area contributed by atoms with Crippen molar-refractivity contribution in [1.29, 1.82) is 10.4 Å². The summed E-state index contributed by atoms with van der Waals surface area (Å²) in [6, 6.07) is 1.93. The Morgan fingerprint density at radius 3 is 2.50 bits per heavy atom. The van der Waals surface area contributed by atoms with Crippen LogP contribution in [0.2, 0.25) is 0 Å². The normalized spacial score (nSPS) is 14.0. The molecule has 0 spiro atoms. The first-order valence-corrected chi connectivity index (χ1v) is 9.31. The summed E-state index contributed by atoms with van der Waals surface area (Å²) in [6.07, 6.45) is 1.11. The highest BCUT2D eigenvalue weighted by molar-refractivity contribution is 7.34. The molecule has 0 radical (unpaired) electrons. The molecule has 0 aliphatic heterocycles. The van der Waals surface area contributed by atoms with Gasteiger partial charge in [-0.3, -0.25) is 4.79 Å². The van der Waals surface area contributed by atoms with Crippen molar-refractivity contribution in [2.24, 2.45) is 16.6 Å². The van der Waals surface area contributed by atoms with Gasteiger partial charge in [-0.2, -0.15) is 5.26 Å². The molecule has 2 unspecified atom stereocenters. The van der Waals surface area contributed by atoms with E-state index >= 15 is 0 Å². The van der Waals surface area contributed by atoms with Crippen molar-refractivity contribution in [3.63, 3.8) is 0 Å². The van der Waals surface area contributed by atoms with Gasteiger partial charge in [0.05, 0.1) is 12.5 Å². The van der Waals surface area contributed by atoms with Gasteiger partial charge in [-0.15, -0.1) is 9.05 Å². The van der Waals surface area contributed by atoms with Crippen molar-refractivity contribution < 1.29 is 13.8 Å². The average Bonchev–Trinajstić information content (AvgIpc) is 2.40. The Morgan fingerprint density at radius 1 is 1.38 bits per heavy atom. The molecule has 0 saturated heterocycles. The third-order valence-corrected chi connectivity index (χ3v) is 4.01. The van der Waals surface area contributed by atoms with Gasteiger partial charge in [0.2, 0.25) is 5.91 Å². The van der Waals surface area contributed by atoms with Gasteiger partial charge < -0.3 is 11.1 Å². The van der Waals surface area contributed by atoms with E-state index in [-0.39, 0.29) is 42.9 Å². The van der Waals surface area contributed by atoms with Crippen LogP contribution in [0.5, 0.6) is 0 Å². The van der Waals surface area contributed by atoms with E-state index in [9.17, 15) is 4.79 Å². The second-order valence-electron chi connectivity index (χ2n) is 7.84. The van der Waals surface area contributed by atoms with E-state index in [0.717, 1.165) is 6.42 Å². The monoisotopic (exact) mass is 359 g/mol. The smallest absolute Gasteiger partial charge is 0.353 e. The second-order valence-corrected chi connectivity index (χ2v) is 8.83. The van der Waals surface area contributed by atoms with E-state index < -0.39 is 14.3 Å². The molecule has 4 N–H and O–H groups in total. The molecular weight excluding hydrogens is 327 g/mol.